The van der Waals surface area contributed by atoms with E-state index in [1.54, 1.807) is 0 Å². The van der Waals surface area contributed by atoms with Crippen molar-refractivity contribution in [3.8, 4) is 0 Å². The minimum Gasteiger partial charge on any atom is -0.544 e. The molecule has 7 saturated heterocycles. The number of rotatable bonds is 25. The fourth-order valence-electron chi connectivity index (χ4n) is 11.9. The van der Waals surface area contributed by atoms with Crippen LogP contribution in [0.3, 0.4) is 0 Å². The molecule has 7 rings (SSSR count). The highest BCUT2D eigenvalue weighted by atomic mass is 16.8. The van der Waals surface area contributed by atoms with E-state index in [2.05, 4.69) is 10.6 Å². The molecule has 7 aliphatic heterocycles. The maximum Gasteiger partial charge on any atom is 0.217 e. The molecule has 7 heterocycles. The Morgan fingerprint density at radius 1 is 0.495 bits per heavy atom. The van der Waals surface area contributed by atoms with Crippen LogP contribution in [0.25, 0.3) is 0 Å². The van der Waals surface area contributed by atoms with Gasteiger partial charge in [0.05, 0.1) is 64.5 Å². The summed E-state index contributed by atoms with van der Waals surface area (Å²) in [4.78, 5) is 37.8. The minimum atomic E-state index is -3.31. The highest BCUT2D eigenvalue weighted by Gasteiger charge is 2.60. The number of ether oxygens (including phenoxy) is 14. The average molecular weight is 1330 g/mol. The number of carboxylic acid groups (broad SMARTS) is 1. The predicted molar refractivity (Wildman–Crippen MR) is 278 cm³/mol. The molecule has 36 atom stereocenters. The van der Waals surface area contributed by atoms with E-state index >= 15 is 0 Å². The van der Waals surface area contributed by atoms with Gasteiger partial charge < -0.3 is 189 Å². The third-order valence-corrected chi connectivity index (χ3v) is 16.8. The summed E-state index contributed by atoms with van der Waals surface area (Å²) in [7, 11) is 1.06. The number of nitrogens with one attached hydrogen (secondary N) is 2. The van der Waals surface area contributed by atoms with Gasteiger partial charge in [-0.3, -0.25) is 9.59 Å². The molecule has 0 aliphatic carbocycles. The van der Waals surface area contributed by atoms with Gasteiger partial charge in [0.15, 0.2) is 31.5 Å². The smallest absolute Gasteiger partial charge is 0.217 e. The number of hydrogen-bond acceptors (Lipinski definition) is 38. The summed E-state index contributed by atoms with van der Waals surface area (Å²) >= 11 is 0. The molecular weight excluding hydrogens is 1250 g/mol. The number of aliphatic carboxylic acids is 1. The van der Waals surface area contributed by atoms with E-state index in [1.807, 2.05) is 0 Å². The van der Waals surface area contributed by atoms with Gasteiger partial charge in [0.2, 0.25) is 17.6 Å². The Bertz CT molecular complexity index is 2310. The number of carbonyl (C=O) groups is 3. The van der Waals surface area contributed by atoms with E-state index in [4.69, 9.17) is 66.3 Å². The number of aliphatic hydroxyl groups is 20. The summed E-state index contributed by atoms with van der Waals surface area (Å²) in [5.74, 6) is -7.37. The lowest BCUT2D eigenvalue weighted by molar-refractivity contribution is -0.411. The molecule has 0 bridgehead atoms. The highest BCUT2D eigenvalue weighted by molar-refractivity contribution is 5.75. The second-order valence-electron chi connectivity index (χ2n) is 23.0. The van der Waals surface area contributed by atoms with Crippen molar-refractivity contribution in [1.29, 1.82) is 0 Å². The third kappa shape index (κ3) is 16.2. The molecular formula is C51H85N2O38-. The van der Waals surface area contributed by atoms with Crippen LogP contribution < -0.4 is 15.7 Å². The van der Waals surface area contributed by atoms with Crippen LogP contribution in [-0.4, -0.2) is 394 Å². The van der Waals surface area contributed by atoms with Crippen molar-refractivity contribution < 1.29 is 188 Å². The number of methoxy groups -OCH3 is 1. The van der Waals surface area contributed by atoms with Crippen molar-refractivity contribution in [2.75, 3.05) is 53.4 Å². The maximum absolute atomic E-state index is 13.0. The monoisotopic (exact) mass is 1330 g/mol. The molecule has 0 saturated carbocycles. The van der Waals surface area contributed by atoms with E-state index in [1.165, 1.54) is 6.92 Å². The first-order chi connectivity index (χ1) is 43.0. The quantitative estimate of drug-likeness (QED) is 0.0404. The molecule has 0 radical (unpaired) electrons. The lowest BCUT2D eigenvalue weighted by atomic mass is 9.88. The van der Waals surface area contributed by atoms with Crippen LogP contribution in [0.15, 0.2) is 0 Å². The van der Waals surface area contributed by atoms with E-state index in [0.29, 0.717) is 0 Å². The molecule has 0 aromatic carbocycles. The fraction of sp³-hybridized carbons (Fsp3) is 0.941. The van der Waals surface area contributed by atoms with E-state index in [-0.39, 0.29) is 0 Å². The van der Waals surface area contributed by atoms with Gasteiger partial charge in [-0.1, -0.05) is 0 Å². The molecule has 7 aliphatic rings. The average Bonchev–Trinajstić information content (AvgIpc) is 0.820. The number of aliphatic hydroxyl groups excluding tert-OH is 20. The van der Waals surface area contributed by atoms with E-state index < -0.39 is 291 Å². The Hall–Kier alpha value is -2.95. The molecule has 2 amide bonds. The summed E-state index contributed by atoms with van der Waals surface area (Å²) in [5, 5.41) is 235. The molecule has 7 fully saturated rings. The second kappa shape index (κ2) is 32.4. The van der Waals surface area contributed by atoms with Gasteiger partial charge in [-0.05, 0) is 6.92 Å². The van der Waals surface area contributed by atoms with Crippen molar-refractivity contribution in [2.24, 2.45) is 0 Å². The Balaban J connectivity index is 1.11. The highest BCUT2D eigenvalue weighted by Crippen LogP contribution is 2.40. The second-order valence-corrected chi connectivity index (χ2v) is 23.0. The molecule has 15 unspecified atom stereocenters. The first-order valence-electron chi connectivity index (χ1n) is 28.9. The van der Waals surface area contributed by atoms with E-state index in [0.717, 1.165) is 21.0 Å². The number of carboxylic acids is 1. The van der Waals surface area contributed by atoms with E-state index in [9.17, 15) is 122 Å². The minimum absolute atomic E-state index is 0.810. The predicted octanol–water partition coefficient (Wildman–Crippen LogP) is -16.4. The van der Waals surface area contributed by atoms with Crippen LogP contribution in [-0.2, 0) is 80.7 Å². The zero-order valence-corrected chi connectivity index (χ0v) is 49.2. The maximum atomic E-state index is 13.0. The van der Waals surface area contributed by atoms with Crippen LogP contribution in [0, 0.1) is 0 Å². The molecule has 0 spiro atoms. The summed E-state index contributed by atoms with van der Waals surface area (Å²) in [6.07, 6.45) is -65.7. The molecule has 528 valence electrons. The number of amides is 2. The van der Waals surface area contributed by atoms with Crippen molar-refractivity contribution in [1.82, 2.24) is 10.6 Å². The van der Waals surface area contributed by atoms with Gasteiger partial charge in [0, 0.05) is 27.4 Å². The standard InChI is InChI=1S/C51H86N2O38/c1-13-26(64)32(70)40(20(9-57)80-13)87-49-37(75)44(89-46-34(72)31(69)28(66)18(7-55)81-46)41(22(11-59)84-49)88-47-35(73)33(71)38(78-4)23(85-47)12-79-45-25(53-15(3)61)30(68)39(21(10-58)83-45)86-48-36(74)43(29(67)19(8-56)82-48)91-51(50(76)77)5-16(62)24(52-14(2)60)42(90-51)27(65)17(63)6-54/h13,16-49,54-59,62-75H,5-12H2,1-4H3,(H,52,60)(H,53,61)(H,76,77)/p-1/t13-,16+,17?,18?,19?,20?,21?,22?,23?,24+,25-,26+,27?,28+,29-,30?,31-,32?,33+,34?,35?,36-,37?,38+,39+,40+,41-,42?,43?,44+,45+,46-,47+,48-,49-,51-/m0/s1. The Kier molecular flexibility index (Phi) is 26.9. The summed E-state index contributed by atoms with van der Waals surface area (Å²) in [5.41, 5.74) is 0. The topological polar surface area (TPSA) is 632 Å². The Morgan fingerprint density at radius 2 is 0.934 bits per heavy atom. The number of carbonyl (C=O) groups excluding carboxylic acids is 3. The lowest BCUT2D eigenvalue weighted by Crippen LogP contribution is -2.72. The zero-order valence-electron chi connectivity index (χ0n) is 49.2. The van der Waals surface area contributed by atoms with Crippen molar-refractivity contribution in [3.63, 3.8) is 0 Å². The largest absolute Gasteiger partial charge is 0.544 e. The Morgan fingerprint density at radius 3 is 1.47 bits per heavy atom. The molecule has 91 heavy (non-hydrogen) atoms. The third-order valence-electron chi connectivity index (χ3n) is 16.8. The molecule has 40 nitrogen and oxygen atoms in total. The fourth-order valence-corrected chi connectivity index (χ4v) is 11.9. The molecule has 0 aromatic heterocycles. The Labute approximate surface area is 516 Å². The van der Waals surface area contributed by atoms with Gasteiger partial charge in [0.25, 0.3) is 0 Å². The van der Waals surface area contributed by atoms with Gasteiger partial charge in [-0.2, -0.15) is 0 Å². The van der Waals surface area contributed by atoms with Crippen molar-refractivity contribution >= 4 is 17.8 Å². The zero-order chi connectivity index (χ0) is 67.4. The van der Waals surface area contributed by atoms with Crippen molar-refractivity contribution in [3.05, 3.63) is 0 Å². The lowest BCUT2D eigenvalue weighted by Gasteiger charge is -2.52. The van der Waals surface area contributed by atoms with Gasteiger partial charge in [-0.15, -0.1) is 0 Å². The molecule has 0 aromatic rings. The van der Waals surface area contributed by atoms with Crippen LogP contribution in [0.1, 0.15) is 27.2 Å². The van der Waals surface area contributed by atoms with Crippen molar-refractivity contribution in [2.45, 2.75) is 247 Å². The van der Waals surface area contributed by atoms with Crippen LogP contribution >= 0.6 is 0 Å². The SMILES string of the molecule is CO[C@@H]1C(CO[C@@H]2OC(CO)[C@@H](O[C@@H]3OC(CO)[C@H](O)C(O[C@]4(C(=O)[O-])C[C@@H](O)[C@@H](NC(C)=O)C(C(O)C(O)CO)O4)[C@@H]3O)C(O)[C@@H]2NC(C)=O)O[C@H](O[C@H]2C(CO)O[C@@H](O[C@@H]3C(CO)O[C@@H](C)[C@@H](O)C3O)C(O)[C@H]2O[C@@H]2OC(CO)[C@@H](O)[C@H](O)C2O)C(O)[C@H]1O. The molecule has 40 heteroatoms. The summed E-state index contributed by atoms with van der Waals surface area (Å²) in [6.45, 7) is -3.79. The summed E-state index contributed by atoms with van der Waals surface area (Å²) in [6, 6.07) is -3.49. The summed E-state index contributed by atoms with van der Waals surface area (Å²) < 4.78 is 81.1. The molecule has 22 N–H and O–H groups in total. The van der Waals surface area contributed by atoms with Crippen LogP contribution in [0.4, 0.5) is 0 Å². The first kappa shape index (κ1) is 75.4. The first-order valence-corrected chi connectivity index (χ1v) is 28.9. The van der Waals surface area contributed by atoms with Gasteiger partial charge >= 0.3 is 0 Å². The van der Waals surface area contributed by atoms with Crippen LogP contribution in [0.5, 0.6) is 0 Å². The van der Waals surface area contributed by atoms with Gasteiger partial charge in [0.1, 0.15) is 171 Å². The normalized spacial score (nSPS) is 48.1. The van der Waals surface area contributed by atoms with Crippen LogP contribution in [0.2, 0.25) is 0 Å². The van der Waals surface area contributed by atoms with Gasteiger partial charge in [-0.25, -0.2) is 0 Å². The number of hydrogen-bond donors (Lipinski definition) is 22.